The van der Waals surface area contributed by atoms with Gasteiger partial charge in [0.2, 0.25) is 94.5 Å². The number of thioether (sulfide) groups is 1. The molecule has 0 unspecified atom stereocenters. The molecule has 0 aliphatic carbocycles. The van der Waals surface area contributed by atoms with Crippen LogP contribution in [0.5, 0.6) is 5.75 Å². The highest BCUT2D eigenvalue weighted by atomic mass is 32.2. The Hall–Kier alpha value is -15.5. The van der Waals surface area contributed by atoms with E-state index in [1.807, 2.05) is 30.3 Å². The zero-order valence-electron chi connectivity index (χ0n) is 83.6. The maximum absolute atomic E-state index is 15.7. The zero-order chi connectivity index (χ0) is 107. The molecule has 16 amide bonds. The van der Waals surface area contributed by atoms with Crippen LogP contribution in [0.4, 0.5) is 0 Å². The van der Waals surface area contributed by atoms with E-state index in [2.05, 4.69) is 84.7 Å². The van der Waals surface area contributed by atoms with Gasteiger partial charge in [0.15, 0.2) is 11.9 Å². The fraction of sp³-hybridized carbons (Fsp3) is 0.441. The molecular weight excluding hydrogens is 1900 g/mol. The molecule has 0 saturated carbocycles. The predicted octanol–water partition coefficient (Wildman–Crippen LogP) is 0.0222. The minimum absolute atomic E-state index is 0.00897. The summed E-state index contributed by atoms with van der Waals surface area (Å²) in [4.78, 5) is 258. The molecule has 8 rings (SSSR count). The largest absolute Gasteiger partial charge is 0.508 e. The Balaban J connectivity index is 1.25. The lowest BCUT2D eigenvalue weighted by Crippen LogP contribution is -2.63. The highest BCUT2D eigenvalue weighted by molar-refractivity contribution is 8.00. The quantitative estimate of drug-likeness (QED) is 0.0167. The van der Waals surface area contributed by atoms with Gasteiger partial charge >= 0.3 is 5.97 Å². The number of H-pyrrole nitrogens is 1. The van der Waals surface area contributed by atoms with E-state index in [1.165, 1.54) is 66.1 Å². The molecule has 16 atom stereocenters. The lowest BCUT2D eigenvalue weighted by Gasteiger charge is -2.35. The van der Waals surface area contributed by atoms with Gasteiger partial charge in [-0.25, -0.2) is 0 Å². The monoisotopic (exact) mass is 2040 g/mol. The van der Waals surface area contributed by atoms with Crippen LogP contribution in [-0.4, -0.2) is 278 Å². The molecule has 43 nitrogen and oxygen atoms in total. The second kappa shape index (κ2) is 56.5. The molecule has 0 bridgehead atoms. The van der Waals surface area contributed by atoms with E-state index >= 15 is 47.9 Å². The van der Waals surface area contributed by atoms with Crippen molar-refractivity contribution in [3.05, 3.63) is 198 Å². The second-order valence-electron chi connectivity index (χ2n) is 37.3. The van der Waals surface area contributed by atoms with E-state index < -0.39 is 245 Å². The number of aliphatic carboxylic acids is 1. The summed E-state index contributed by atoms with van der Waals surface area (Å²) in [6.45, 7) is 13.4. The van der Waals surface area contributed by atoms with Gasteiger partial charge in [-0.2, -0.15) is 0 Å². The zero-order valence-corrected chi connectivity index (χ0v) is 84.4. The summed E-state index contributed by atoms with van der Waals surface area (Å²) in [6, 6.07) is 20.6. The molecule has 7 aromatic rings. The number of fused-ring (bicyclic) bond motifs is 1. The maximum atomic E-state index is 15.7. The SMILES string of the molecule is CC(C)C[C@@H]1NC(=O)[C@H](CCCNC(=N)N)NC(=O)[C@H](Cc2ccccc2)N(C)C(=O)[C@H](C)N(C)C(=O)[C@H](CCCNC(=N)N)NC(=O)[C@H](Cc2ccc(-c3ccccc3)cc2)NC(=O)[C@H](C(C)C)NC(=O)[C@H](Cc2c[nH]c3ccccc23)NC(=O)[C@H](CC(=O)O)NC(=O)[C@H](Cc2ccc(O)cc2)NC(=O)[C@H](Cc2ccccc2)NC(=O)CSC[C@@H](C(=O)N[C@@H](C)C(N)=O)NC(=O)[C@H]([C@@H](C)O)NC(=O)[C@H](C(C)C)NC1=O. The van der Waals surface area contributed by atoms with E-state index in [1.54, 1.807) is 143 Å². The van der Waals surface area contributed by atoms with Gasteiger partial charge in [0.05, 0.1) is 18.3 Å². The number of carboxylic acid groups (broad SMARTS) is 1. The van der Waals surface area contributed by atoms with Crippen molar-refractivity contribution in [1.82, 2.24) is 94.5 Å². The first-order valence-electron chi connectivity index (χ1n) is 48.2. The number of aromatic hydroxyl groups is 1. The van der Waals surface area contributed by atoms with Gasteiger partial charge in [-0.05, 0) is 128 Å². The third-order valence-electron chi connectivity index (χ3n) is 24.5. The highest BCUT2D eigenvalue weighted by Gasteiger charge is 2.43. The Bertz CT molecular complexity index is 5700. The molecule has 1 aliphatic rings. The summed E-state index contributed by atoms with van der Waals surface area (Å²) in [7, 11) is 2.58. The fourth-order valence-electron chi connectivity index (χ4n) is 16.2. The molecule has 1 aliphatic heterocycles. The lowest BCUT2D eigenvalue weighted by atomic mass is 9.98. The summed E-state index contributed by atoms with van der Waals surface area (Å²) in [6.07, 6.45) is -3.43. The summed E-state index contributed by atoms with van der Waals surface area (Å²) < 4.78 is 0. The van der Waals surface area contributed by atoms with Crippen LogP contribution < -0.4 is 97.0 Å². The van der Waals surface area contributed by atoms with Crippen LogP contribution in [0.3, 0.4) is 0 Å². The van der Waals surface area contributed by atoms with Crippen molar-refractivity contribution in [3.63, 3.8) is 0 Å². The first-order chi connectivity index (χ1) is 69.2. The summed E-state index contributed by atoms with van der Waals surface area (Å²) >= 11 is 0.707. The molecule has 27 N–H and O–H groups in total. The molecule has 786 valence electrons. The third kappa shape index (κ3) is 36.1. The number of benzene rings is 6. The van der Waals surface area contributed by atoms with Crippen LogP contribution in [0.2, 0.25) is 0 Å². The average Bonchev–Trinajstić information content (AvgIpc) is 1.55. The first kappa shape index (κ1) is 116. The smallest absolute Gasteiger partial charge is 0.305 e. The minimum Gasteiger partial charge on any atom is -0.508 e. The molecule has 0 radical (unpaired) electrons. The number of primary amides is 1. The Morgan fingerprint density at radius 1 is 0.445 bits per heavy atom. The maximum Gasteiger partial charge on any atom is 0.305 e. The molecule has 6 aromatic carbocycles. The second-order valence-corrected chi connectivity index (χ2v) is 38.3. The molecule has 146 heavy (non-hydrogen) atoms. The van der Waals surface area contributed by atoms with Gasteiger partial charge in [-0.3, -0.25) is 92.3 Å². The summed E-state index contributed by atoms with van der Waals surface area (Å²) in [5.41, 5.74) is 21.3. The molecule has 1 saturated heterocycles. The number of phenolic OH excluding ortho intramolecular Hbond substituents is 1. The van der Waals surface area contributed by atoms with Crippen LogP contribution >= 0.6 is 11.8 Å². The number of rotatable bonds is 29. The van der Waals surface area contributed by atoms with E-state index in [0.717, 1.165) is 27.9 Å². The number of carbonyl (C=O) groups excluding carboxylic acids is 16. The van der Waals surface area contributed by atoms with Crippen LogP contribution in [-0.2, 0) is 114 Å². The van der Waals surface area contributed by atoms with Gasteiger partial charge < -0.3 is 127 Å². The summed E-state index contributed by atoms with van der Waals surface area (Å²) in [5.74, 6) is -22.1. The molecule has 0 spiro atoms. The van der Waals surface area contributed by atoms with Gasteiger partial charge in [0.1, 0.15) is 96.4 Å². The number of para-hydroxylation sites is 1. The number of amides is 16. The molecule has 1 fully saturated rings. The first-order valence-corrected chi connectivity index (χ1v) is 49.4. The van der Waals surface area contributed by atoms with Crippen molar-refractivity contribution >= 4 is 135 Å². The Kier molecular flexibility index (Phi) is 44.8. The number of aromatic nitrogens is 1. The number of carbonyl (C=O) groups is 17. The van der Waals surface area contributed by atoms with Gasteiger partial charge in [0.25, 0.3) is 0 Å². The molecular formula is C102H137N23O20S. The minimum atomic E-state index is -2.09. The van der Waals surface area contributed by atoms with Crippen molar-refractivity contribution in [2.45, 2.75) is 230 Å². The van der Waals surface area contributed by atoms with Crippen molar-refractivity contribution in [3.8, 4) is 16.9 Å². The number of nitrogens with zero attached hydrogens (tertiary/aromatic N) is 2. The van der Waals surface area contributed by atoms with E-state index in [4.69, 9.17) is 28.0 Å². The Morgan fingerprint density at radius 2 is 0.856 bits per heavy atom. The number of nitrogens with two attached hydrogens (primary N) is 3. The van der Waals surface area contributed by atoms with Crippen LogP contribution in [0.15, 0.2) is 170 Å². The third-order valence-corrected chi connectivity index (χ3v) is 25.6. The molecule has 2 heterocycles. The van der Waals surface area contributed by atoms with Gasteiger partial charge in [0, 0.05) is 82.1 Å². The van der Waals surface area contributed by atoms with Crippen molar-refractivity contribution in [2.75, 3.05) is 38.7 Å². The fourth-order valence-corrected chi connectivity index (χ4v) is 17.0. The molecule has 44 heteroatoms. The van der Waals surface area contributed by atoms with E-state index in [0.29, 0.717) is 44.9 Å². The number of phenols is 1. The number of carboxylic acids is 1. The number of hydrogen-bond acceptors (Lipinski definition) is 22. The summed E-state index contributed by atoms with van der Waals surface area (Å²) in [5, 5.41) is 88.2. The number of likely N-dealkylation sites (N-methyl/N-ethyl adjacent to an activating group) is 2. The number of aromatic amines is 1. The highest BCUT2D eigenvalue weighted by Crippen LogP contribution is 2.25. The van der Waals surface area contributed by atoms with Gasteiger partial charge in [-0.15, -0.1) is 11.8 Å². The number of aliphatic hydroxyl groups excluding tert-OH is 1. The lowest BCUT2D eigenvalue weighted by molar-refractivity contribution is -0.148. The van der Waals surface area contributed by atoms with E-state index in [9.17, 15) is 48.9 Å². The van der Waals surface area contributed by atoms with E-state index in [-0.39, 0.29) is 88.1 Å². The van der Waals surface area contributed by atoms with Crippen LogP contribution in [0.1, 0.15) is 129 Å². The number of aliphatic hydroxyl groups is 1. The predicted molar refractivity (Wildman–Crippen MR) is 547 cm³/mol. The topological polar surface area (TPSA) is 679 Å². The average molecular weight is 2040 g/mol. The standard InChI is InChI=1S/C102H137N23O20S/c1-55(2)45-73-92(137)122-84(57(5)6)97(142)123-85(60(9)126)98(143)120-79(94(139)111-58(7)86(103)131)53-146-54-81(128)112-74(46-61-25-15-12-16-26-61)88(133)116-75(48-64-37-41-68(127)42-38-64)90(135)118-78(51-82(129)130)91(136)117-77(50-67-52-110-70-32-22-21-31-69(67)70)93(138)121-83(56(3)4)96(141)119-76(47-63-35-39-66(40-36-63)65-29-19-14-20-30-65)89(134)114-72(34-24-44-109-102(106)107)100(145)124(10)59(8)99(144)125(11)80(49-62-27-17-13-18-28-62)95(140)113-71(87(132)115-73)33-23-43-108-101(104)105/h12-22,25-32,35-42,52,55-60,71-80,83-85,110,126-127H,23-24,33-34,43-51,53-54H2,1-11H3,(H2,103,131)(H,111,139)(H,112,128)(H,113,140)(H,114,134)(H,115,132)(H,116,133)(H,117,136)(H,118,135)(H,119,141)(H,120,143)(H,121,138)(H,122,137)(H,123,142)(H,129,130)(H4,104,105,108)(H4,106,107,109)/t58-,59-,60+,71-,72-,73-,74-,75-,76-,77-,78-,79-,80-,83-,84-,85-/m0/s1. The Morgan fingerprint density at radius 3 is 1.38 bits per heavy atom. The normalized spacial score (nSPS) is 22.7. The molecule has 1 aromatic heterocycles. The van der Waals surface area contributed by atoms with Crippen molar-refractivity contribution in [1.29, 1.82) is 10.8 Å². The van der Waals surface area contributed by atoms with Crippen LogP contribution in [0.25, 0.3) is 22.0 Å². The van der Waals surface area contributed by atoms with Crippen molar-refractivity contribution < 1.29 is 96.8 Å². The Labute approximate surface area is 850 Å². The number of nitrogens with one attached hydrogen (secondary N) is 18. The number of hydrogen-bond donors (Lipinski definition) is 24. The van der Waals surface area contributed by atoms with Crippen LogP contribution in [0, 0.1) is 28.6 Å². The number of guanidine groups is 2. The van der Waals surface area contributed by atoms with Gasteiger partial charge in [-0.1, -0.05) is 187 Å². The van der Waals surface area contributed by atoms with Crippen molar-refractivity contribution in [2.24, 2.45) is 35.0 Å².